The molecule has 0 saturated carbocycles. The predicted octanol–water partition coefficient (Wildman–Crippen LogP) is 4.53. The van der Waals surface area contributed by atoms with Gasteiger partial charge in [-0.15, -0.1) is 0 Å². The molecule has 6 heteroatoms. The second-order valence-corrected chi connectivity index (χ2v) is 7.74. The highest BCUT2D eigenvalue weighted by Gasteiger charge is 2.34. The minimum absolute atomic E-state index is 0.647. The number of fused-ring (bicyclic) bond motifs is 1. The standard InChI is InChI=1S/C19H17BrClN3O/c20-14-3-6-17-16(11-14)18(23-12-22-17)24-9-7-19(25,8-10-24)13-1-4-15(21)5-2-13/h1-6,11-12,25H,7-10H2. The lowest BCUT2D eigenvalue weighted by Gasteiger charge is -2.39. The van der Waals surface area contributed by atoms with Gasteiger partial charge in [0.15, 0.2) is 0 Å². The van der Waals surface area contributed by atoms with Crippen LogP contribution >= 0.6 is 27.5 Å². The van der Waals surface area contributed by atoms with Crippen molar-refractivity contribution in [2.24, 2.45) is 0 Å². The van der Waals surface area contributed by atoms with Gasteiger partial charge in [0.05, 0.1) is 11.1 Å². The van der Waals surface area contributed by atoms with E-state index in [-0.39, 0.29) is 0 Å². The van der Waals surface area contributed by atoms with Gasteiger partial charge in [0.1, 0.15) is 12.1 Å². The maximum absolute atomic E-state index is 11.0. The van der Waals surface area contributed by atoms with Crippen molar-refractivity contribution in [3.63, 3.8) is 0 Å². The third-order valence-electron chi connectivity index (χ3n) is 4.85. The van der Waals surface area contributed by atoms with Gasteiger partial charge in [0.25, 0.3) is 0 Å². The molecule has 1 saturated heterocycles. The van der Waals surface area contributed by atoms with Crippen LogP contribution in [0, 0.1) is 0 Å². The van der Waals surface area contributed by atoms with E-state index in [1.54, 1.807) is 6.33 Å². The van der Waals surface area contributed by atoms with Crippen LogP contribution in [0.5, 0.6) is 0 Å². The van der Waals surface area contributed by atoms with Crippen molar-refractivity contribution in [1.82, 2.24) is 9.97 Å². The summed E-state index contributed by atoms with van der Waals surface area (Å²) in [5.74, 6) is 0.921. The number of rotatable bonds is 2. The summed E-state index contributed by atoms with van der Waals surface area (Å²) in [6, 6.07) is 13.5. The summed E-state index contributed by atoms with van der Waals surface area (Å²) in [6.07, 6.45) is 2.90. The number of nitrogens with zero attached hydrogens (tertiary/aromatic N) is 3. The average Bonchev–Trinajstić information content (AvgIpc) is 2.62. The lowest BCUT2D eigenvalue weighted by atomic mass is 9.84. The van der Waals surface area contributed by atoms with E-state index in [1.807, 2.05) is 42.5 Å². The van der Waals surface area contributed by atoms with Gasteiger partial charge in [-0.25, -0.2) is 9.97 Å². The van der Waals surface area contributed by atoms with Crippen molar-refractivity contribution >= 4 is 44.3 Å². The molecule has 0 unspecified atom stereocenters. The number of aliphatic hydroxyl groups is 1. The highest BCUT2D eigenvalue weighted by atomic mass is 79.9. The van der Waals surface area contributed by atoms with Crippen LogP contribution in [0.15, 0.2) is 53.3 Å². The molecule has 0 atom stereocenters. The number of piperidine rings is 1. The highest BCUT2D eigenvalue weighted by molar-refractivity contribution is 9.10. The van der Waals surface area contributed by atoms with Crippen molar-refractivity contribution in [2.75, 3.05) is 18.0 Å². The van der Waals surface area contributed by atoms with Crippen molar-refractivity contribution < 1.29 is 5.11 Å². The predicted molar refractivity (Wildman–Crippen MR) is 104 cm³/mol. The van der Waals surface area contributed by atoms with Gasteiger partial charge >= 0.3 is 0 Å². The van der Waals surface area contributed by atoms with Crippen LogP contribution in [0.25, 0.3) is 10.9 Å². The molecule has 0 bridgehead atoms. The second kappa shape index (κ2) is 6.56. The molecule has 0 aliphatic carbocycles. The molecule has 2 aromatic carbocycles. The number of halogens is 2. The molecule has 1 aromatic heterocycles. The Bertz CT molecular complexity index is 908. The molecular formula is C19H17BrClN3O. The van der Waals surface area contributed by atoms with Gasteiger partial charge in [0.2, 0.25) is 0 Å². The first-order valence-electron chi connectivity index (χ1n) is 8.19. The van der Waals surface area contributed by atoms with Gasteiger partial charge in [-0.05, 0) is 48.7 Å². The molecule has 128 valence electrons. The quantitative estimate of drug-likeness (QED) is 0.664. The van der Waals surface area contributed by atoms with E-state index in [2.05, 4.69) is 30.8 Å². The Kier molecular flexibility index (Phi) is 4.40. The molecule has 4 rings (SSSR count). The van der Waals surface area contributed by atoms with Crippen molar-refractivity contribution in [1.29, 1.82) is 0 Å². The summed E-state index contributed by atoms with van der Waals surface area (Å²) >= 11 is 9.48. The molecule has 1 aliphatic heterocycles. The summed E-state index contributed by atoms with van der Waals surface area (Å²) in [6.45, 7) is 1.47. The van der Waals surface area contributed by atoms with Crippen LogP contribution in [-0.4, -0.2) is 28.2 Å². The highest BCUT2D eigenvalue weighted by Crippen LogP contribution is 2.36. The molecule has 4 nitrogen and oxygen atoms in total. The van der Waals surface area contributed by atoms with E-state index in [0.717, 1.165) is 39.8 Å². The zero-order valence-electron chi connectivity index (χ0n) is 13.5. The lowest BCUT2D eigenvalue weighted by molar-refractivity contribution is 0.0117. The molecule has 0 amide bonds. The van der Waals surface area contributed by atoms with Crippen LogP contribution in [0.4, 0.5) is 5.82 Å². The molecule has 1 fully saturated rings. The molecule has 1 N–H and O–H groups in total. The first kappa shape index (κ1) is 16.8. The Hall–Kier alpha value is -1.69. The van der Waals surface area contributed by atoms with Crippen LogP contribution in [0.1, 0.15) is 18.4 Å². The molecular weight excluding hydrogens is 402 g/mol. The number of hydrogen-bond acceptors (Lipinski definition) is 4. The smallest absolute Gasteiger partial charge is 0.139 e. The number of benzene rings is 2. The first-order valence-corrected chi connectivity index (χ1v) is 9.36. The number of hydrogen-bond donors (Lipinski definition) is 1. The fourth-order valence-electron chi connectivity index (χ4n) is 3.40. The fourth-order valence-corrected chi connectivity index (χ4v) is 3.89. The zero-order valence-corrected chi connectivity index (χ0v) is 15.8. The largest absolute Gasteiger partial charge is 0.385 e. The Labute approximate surface area is 159 Å². The van der Waals surface area contributed by atoms with Gasteiger partial charge in [-0.1, -0.05) is 39.7 Å². The monoisotopic (exact) mass is 417 g/mol. The Morgan fingerprint density at radius 2 is 1.76 bits per heavy atom. The number of anilines is 1. The van der Waals surface area contributed by atoms with E-state index < -0.39 is 5.60 Å². The minimum Gasteiger partial charge on any atom is -0.385 e. The van der Waals surface area contributed by atoms with Gasteiger partial charge in [0, 0.05) is 28.0 Å². The van der Waals surface area contributed by atoms with Crippen LogP contribution < -0.4 is 4.90 Å². The molecule has 3 aromatic rings. The van der Waals surface area contributed by atoms with Crippen LogP contribution in [-0.2, 0) is 5.60 Å². The molecule has 2 heterocycles. The third kappa shape index (κ3) is 3.24. The normalized spacial score (nSPS) is 17.0. The number of aromatic nitrogens is 2. The maximum Gasteiger partial charge on any atom is 0.139 e. The molecule has 0 radical (unpaired) electrons. The minimum atomic E-state index is -0.815. The van der Waals surface area contributed by atoms with Crippen LogP contribution in [0.3, 0.4) is 0 Å². The van der Waals surface area contributed by atoms with Gasteiger partial charge < -0.3 is 10.0 Å². The Balaban J connectivity index is 1.60. The van der Waals surface area contributed by atoms with E-state index in [9.17, 15) is 5.11 Å². The topological polar surface area (TPSA) is 49.2 Å². The third-order valence-corrected chi connectivity index (χ3v) is 5.59. The Morgan fingerprint density at radius 3 is 2.48 bits per heavy atom. The van der Waals surface area contributed by atoms with Crippen molar-refractivity contribution in [3.8, 4) is 0 Å². The maximum atomic E-state index is 11.0. The molecule has 0 spiro atoms. The summed E-state index contributed by atoms with van der Waals surface area (Å²) < 4.78 is 1.01. The van der Waals surface area contributed by atoms with E-state index >= 15 is 0 Å². The average molecular weight is 419 g/mol. The zero-order chi connectivity index (χ0) is 17.4. The second-order valence-electron chi connectivity index (χ2n) is 6.38. The molecule has 25 heavy (non-hydrogen) atoms. The van der Waals surface area contributed by atoms with E-state index in [4.69, 9.17) is 11.6 Å². The summed E-state index contributed by atoms with van der Waals surface area (Å²) in [5, 5.41) is 12.8. The summed E-state index contributed by atoms with van der Waals surface area (Å²) in [7, 11) is 0. The summed E-state index contributed by atoms with van der Waals surface area (Å²) in [5.41, 5.74) is 1.03. The van der Waals surface area contributed by atoms with Gasteiger partial charge in [-0.2, -0.15) is 0 Å². The van der Waals surface area contributed by atoms with Gasteiger partial charge in [-0.3, -0.25) is 0 Å². The SMILES string of the molecule is OC1(c2ccc(Cl)cc2)CCN(c2ncnc3ccc(Br)cc23)CC1. The lowest BCUT2D eigenvalue weighted by Crippen LogP contribution is -2.43. The van der Waals surface area contributed by atoms with E-state index in [1.165, 1.54) is 0 Å². The first-order chi connectivity index (χ1) is 12.0. The van der Waals surface area contributed by atoms with Crippen LogP contribution in [0.2, 0.25) is 5.02 Å². The Morgan fingerprint density at radius 1 is 1.04 bits per heavy atom. The van der Waals surface area contributed by atoms with E-state index in [0.29, 0.717) is 17.9 Å². The van der Waals surface area contributed by atoms with Crippen molar-refractivity contribution in [2.45, 2.75) is 18.4 Å². The van der Waals surface area contributed by atoms with Crippen molar-refractivity contribution in [3.05, 3.63) is 63.9 Å². The fraction of sp³-hybridized carbons (Fsp3) is 0.263. The molecule has 1 aliphatic rings. The summed E-state index contributed by atoms with van der Waals surface area (Å²) in [4.78, 5) is 11.1.